The average Bonchev–Trinajstić information content (AvgIpc) is 3.34. The van der Waals surface area contributed by atoms with Gasteiger partial charge in [-0.25, -0.2) is 9.59 Å². The molecule has 12 nitrogen and oxygen atoms in total. The first-order chi connectivity index (χ1) is 19.7. The van der Waals surface area contributed by atoms with Gasteiger partial charge in [0.25, 0.3) is 5.91 Å². The van der Waals surface area contributed by atoms with E-state index in [0.717, 1.165) is 32.1 Å². The smallest absolute Gasteiger partial charge is 0.329 e. The number of likely N-dealkylation sites (tertiary alicyclic amines) is 1. The van der Waals surface area contributed by atoms with Gasteiger partial charge in [-0.2, -0.15) is 0 Å². The molecule has 0 aromatic rings. The van der Waals surface area contributed by atoms with Crippen molar-refractivity contribution in [3.63, 3.8) is 0 Å². The lowest BCUT2D eigenvalue weighted by atomic mass is 9.82. The quantitative estimate of drug-likeness (QED) is 0.218. The summed E-state index contributed by atoms with van der Waals surface area (Å²) in [6.45, 7) is 16.3. The van der Waals surface area contributed by atoms with Crippen LogP contribution < -0.4 is 21.7 Å². The van der Waals surface area contributed by atoms with Crippen LogP contribution >= 0.6 is 0 Å². The lowest BCUT2D eigenvalue weighted by Crippen LogP contribution is -2.61. The van der Waals surface area contributed by atoms with Crippen LogP contribution in [0.1, 0.15) is 101 Å². The van der Waals surface area contributed by atoms with Crippen LogP contribution in [0.25, 0.3) is 0 Å². The van der Waals surface area contributed by atoms with Gasteiger partial charge in [0, 0.05) is 6.54 Å². The fourth-order valence-corrected chi connectivity index (χ4v) is 6.01. The third-order valence-electron chi connectivity index (χ3n) is 8.31. The van der Waals surface area contributed by atoms with Crippen LogP contribution in [0.5, 0.6) is 0 Å². The Morgan fingerprint density at radius 2 is 1.42 bits per heavy atom. The van der Waals surface area contributed by atoms with Gasteiger partial charge in [-0.3, -0.25) is 19.2 Å². The van der Waals surface area contributed by atoms with E-state index in [1.165, 1.54) is 11.8 Å². The summed E-state index contributed by atoms with van der Waals surface area (Å²) in [7, 11) is 0. The van der Waals surface area contributed by atoms with Crippen LogP contribution in [-0.2, 0) is 28.7 Å². The van der Waals surface area contributed by atoms with E-state index >= 15 is 0 Å². The molecule has 0 aromatic carbocycles. The largest absolute Gasteiger partial charge is 0.458 e. The molecular formula is C31H53N5O7. The third-order valence-corrected chi connectivity index (χ3v) is 8.31. The SMILES string of the molecule is CC(NC(=O)C1C(C(C)C)CCN1C(=O)C(NC(=O)NC(C(=O)OC(C)(C)C)C(C)(C)C)C1CCCCC1)C(=O)C(N)=O. The first-order valence-corrected chi connectivity index (χ1v) is 15.5. The maximum absolute atomic E-state index is 14.3. The van der Waals surface area contributed by atoms with Crippen LogP contribution in [0.15, 0.2) is 0 Å². The van der Waals surface area contributed by atoms with Crippen molar-refractivity contribution in [2.24, 2.45) is 28.9 Å². The third kappa shape index (κ3) is 9.92. The Kier molecular flexibility index (Phi) is 12.2. The highest BCUT2D eigenvalue weighted by atomic mass is 16.6. The number of rotatable bonds is 10. The van der Waals surface area contributed by atoms with Gasteiger partial charge in [0.1, 0.15) is 23.7 Å². The molecule has 5 amide bonds. The van der Waals surface area contributed by atoms with Gasteiger partial charge < -0.3 is 31.3 Å². The van der Waals surface area contributed by atoms with Crippen LogP contribution in [-0.4, -0.2) is 76.7 Å². The summed E-state index contributed by atoms with van der Waals surface area (Å²) in [6, 6.07) is -4.61. The molecule has 1 saturated carbocycles. The molecule has 5 unspecified atom stereocenters. The van der Waals surface area contributed by atoms with Gasteiger partial charge >= 0.3 is 12.0 Å². The molecule has 12 heteroatoms. The van der Waals surface area contributed by atoms with Crippen molar-refractivity contribution >= 4 is 35.5 Å². The van der Waals surface area contributed by atoms with Gasteiger partial charge in [-0.05, 0) is 70.1 Å². The van der Waals surface area contributed by atoms with Crippen LogP contribution in [0.4, 0.5) is 4.79 Å². The molecule has 5 atom stereocenters. The number of nitrogens with zero attached hydrogens (tertiary/aromatic N) is 1. The highest BCUT2D eigenvalue weighted by Gasteiger charge is 2.47. The molecule has 43 heavy (non-hydrogen) atoms. The standard InChI is InChI=1S/C31H53N5O7/c1-17(2)20-15-16-36(22(20)26(39)33-18(3)23(37)25(32)38)27(40)21(19-13-11-10-12-14-19)34-29(42)35-24(30(4,5)6)28(41)43-31(7,8)9/h17-22,24H,10-16H2,1-9H3,(H2,32,38)(H,33,39)(H2,34,35,42). The average molecular weight is 608 g/mol. The number of carbonyl (C=O) groups excluding carboxylic acids is 6. The van der Waals surface area contributed by atoms with Crippen molar-refractivity contribution in [3.05, 3.63) is 0 Å². The number of ketones is 1. The molecule has 244 valence electrons. The molecule has 0 bridgehead atoms. The summed E-state index contributed by atoms with van der Waals surface area (Å²) in [5, 5.41) is 8.19. The van der Waals surface area contributed by atoms with E-state index in [1.54, 1.807) is 20.8 Å². The number of hydrogen-bond donors (Lipinski definition) is 4. The second-order valence-electron chi connectivity index (χ2n) is 14.5. The maximum atomic E-state index is 14.3. The number of primary amides is 1. The molecule has 1 saturated heterocycles. The van der Waals surface area contributed by atoms with Crippen molar-refractivity contribution in [2.45, 2.75) is 131 Å². The van der Waals surface area contributed by atoms with E-state index < -0.39 is 64.8 Å². The summed E-state index contributed by atoms with van der Waals surface area (Å²) in [5.41, 5.74) is 3.69. The summed E-state index contributed by atoms with van der Waals surface area (Å²) < 4.78 is 5.56. The molecule has 2 rings (SSSR count). The topological polar surface area (TPSA) is 177 Å². The predicted octanol–water partition coefficient (Wildman–Crippen LogP) is 2.42. The first kappa shape index (κ1) is 36.0. The van der Waals surface area contributed by atoms with Crippen molar-refractivity contribution in [3.8, 4) is 0 Å². The predicted molar refractivity (Wildman–Crippen MR) is 161 cm³/mol. The van der Waals surface area contributed by atoms with Crippen LogP contribution in [0, 0.1) is 23.2 Å². The molecular weight excluding hydrogens is 554 g/mol. The number of ether oxygens (including phenoxy) is 1. The molecule has 1 aliphatic carbocycles. The Hall–Kier alpha value is -3.18. The zero-order chi connectivity index (χ0) is 32.9. The molecule has 5 N–H and O–H groups in total. The number of urea groups is 1. The number of hydrogen-bond acceptors (Lipinski definition) is 7. The van der Waals surface area contributed by atoms with E-state index in [-0.39, 0.29) is 23.7 Å². The molecule has 2 fully saturated rings. The summed E-state index contributed by atoms with van der Waals surface area (Å²) in [5.74, 6) is -3.90. The minimum atomic E-state index is -1.15. The molecule has 0 aromatic heterocycles. The van der Waals surface area contributed by atoms with Crippen molar-refractivity contribution in [2.75, 3.05) is 6.54 Å². The van der Waals surface area contributed by atoms with Gasteiger partial charge in [-0.1, -0.05) is 53.9 Å². The highest BCUT2D eigenvalue weighted by molar-refractivity contribution is 6.37. The number of nitrogens with two attached hydrogens (primary N) is 1. The Balaban J connectivity index is 2.36. The van der Waals surface area contributed by atoms with E-state index in [2.05, 4.69) is 16.0 Å². The summed E-state index contributed by atoms with van der Waals surface area (Å²) in [4.78, 5) is 79.2. The summed E-state index contributed by atoms with van der Waals surface area (Å²) in [6.07, 6.45) is 4.87. The normalized spacial score (nSPS) is 21.9. The fraction of sp³-hybridized carbons (Fsp3) is 0.806. The molecule has 1 aliphatic heterocycles. The molecule has 2 aliphatic rings. The number of esters is 1. The lowest BCUT2D eigenvalue weighted by Gasteiger charge is -2.37. The van der Waals surface area contributed by atoms with E-state index in [9.17, 15) is 28.8 Å². The minimum absolute atomic E-state index is 0.0430. The highest BCUT2D eigenvalue weighted by Crippen LogP contribution is 2.34. The van der Waals surface area contributed by atoms with E-state index in [0.29, 0.717) is 13.0 Å². The number of carbonyl (C=O) groups is 6. The van der Waals surface area contributed by atoms with Crippen molar-refractivity contribution < 1.29 is 33.5 Å². The number of amides is 5. The Bertz CT molecular complexity index is 1060. The lowest BCUT2D eigenvalue weighted by molar-refractivity contribution is -0.160. The maximum Gasteiger partial charge on any atom is 0.329 e. The Morgan fingerprint density at radius 3 is 1.91 bits per heavy atom. The minimum Gasteiger partial charge on any atom is -0.458 e. The second-order valence-corrected chi connectivity index (χ2v) is 14.5. The zero-order valence-corrected chi connectivity index (χ0v) is 27.4. The molecule has 0 radical (unpaired) electrons. The second kappa shape index (κ2) is 14.5. The van der Waals surface area contributed by atoms with E-state index in [1.807, 2.05) is 34.6 Å². The van der Waals surface area contributed by atoms with Crippen molar-refractivity contribution in [1.82, 2.24) is 20.9 Å². The summed E-state index contributed by atoms with van der Waals surface area (Å²) >= 11 is 0. The van der Waals surface area contributed by atoms with Gasteiger partial charge in [0.05, 0.1) is 6.04 Å². The zero-order valence-electron chi connectivity index (χ0n) is 27.4. The fourth-order valence-electron chi connectivity index (χ4n) is 6.01. The monoisotopic (exact) mass is 607 g/mol. The van der Waals surface area contributed by atoms with Gasteiger partial charge in [0.2, 0.25) is 17.6 Å². The Labute approximate surface area is 256 Å². The van der Waals surface area contributed by atoms with Crippen molar-refractivity contribution in [1.29, 1.82) is 0 Å². The van der Waals surface area contributed by atoms with Gasteiger partial charge in [-0.15, -0.1) is 0 Å². The van der Waals surface area contributed by atoms with Crippen LogP contribution in [0.3, 0.4) is 0 Å². The van der Waals surface area contributed by atoms with Crippen LogP contribution in [0.2, 0.25) is 0 Å². The Morgan fingerprint density at radius 1 is 0.837 bits per heavy atom. The van der Waals surface area contributed by atoms with Gasteiger partial charge in [0.15, 0.2) is 0 Å². The number of nitrogens with one attached hydrogen (secondary N) is 3. The van der Waals surface area contributed by atoms with E-state index in [4.69, 9.17) is 10.5 Å². The molecule has 0 spiro atoms. The first-order valence-electron chi connectivity index (χ1n) is 15.5. The number of Topliss-reactive ketones (excluding diaryl/α,β-unsaturated/α-hetero) is 1. The molecule has 1 heterocycles.